The molecular weight excluding hydrogens is 258 g/mol. The third-order valence-electron chi connectivity index (χ3n) is 1.84. The molecule has 0 spiro atoms. The molecule has 1 atom stereocenters. The summed E-state index contributed by atoms with van der Waals surface area (Å²) in [7, 11) is 0. The van der Waals surface area contributed by atoms with Gasteiger partial charge in [0.2, 0.25) is 0 Å². The first-order valence-electron chi connectivity index (χ1n) is 4.30. The number of carboxylic acids is 1. The fourth-order valence-electron chi connectivity index (χ4n) is 1.04. The van der Waals surface area contributed by atoms with Crippen LogP contribution in [0.4, 0.5) is 5.69 Å². The second-order valence-electron chi connectivity index (χ2n) is 3.03. The summed E-state index contributed by atoms with van der Waals surface area (Å²) in [6.07, 6.45) is 5.23. The summed E-state index contributed by atoms with van der Waals surface area (Å²) in [6.45, 7) is 1.84. The van der Waals surface area contributed by atoms with Gasteiger partial charge < -0.3 is 10.4 Å². The number of halogens is 1. The highest BCUT2D eigenvalue weighted by molar-refractivity contribution is 9.10. The molecule has 1 aromatic carbocycles. The Morgan fingerprint density at radius 3 is 2.80 bits per heavy atom. The molecule has 0 aliphatic rings. The standard InChI is InChI=1S/C11H10BrNO2/c1-3-7(2)13-10-5-4-8(11(14)15)6-9(10)12/h1,4-7,13H,2H3,(H,14,15). The molecule has 0 heterocycles. The van der Waals surface area contributed by atoms with Crippen molar-refractivity contribution in [3.8, 4) is 12.3 Å². The fraction of sp³-hybridized carbons (Fsp3) is 0.182. The molecule has 0 radical (unpaired) electrons. The minimum Gasteiger partial charge on any atom is -0.478 e. The maximum Gasteiger partial charge on any atom is 0.335 e. The predicted octanol–water partition coefficient (Wildman–Crippen LogP) is 2.58. The summed E-state index contributed by atoms with van der Waals surface area (Å²) in [5, 5.41) is 11.8. The number of rotatable bonds is 3. The van der Waals surface area contributed by atoms with Crippen molar-refractivity contribution < 1.29 is 9.90 Å². The number of nitrogens with one attached hydrogen (secondary N) is 1. The highest BCUT2D eigenvalue weighted by atomic mass is 79.9. The quantitative estimate of drug-likeness (QED) is 0.828. The van der Waals surface area contributed by atoms with Crippen LogP contribution in [0.2, 0.25) is 0 Å². The van der Waals surface area contributed by atoms with E-state index in [4.69, 9.17) is 11.5 Å². The summed E-state index contributed by atoms with van der Waals surface area (Å²) >= 11 is 3.28. The van der Waals surface area contributed by atoms with Gasteiger partial charge in [-0.3, -0.25) is 0 Å². The third kappa shape index (κ3) is 3.00. The lowest BCUT2D eigenvalue weighted by Gasteiger charge is -2.11. The molecule has 4 heteroatoms. The third-order valence-corrected chi connectivity index (χ3v) is 2.49. The molecule has 0 aliphatic heterocycles. The molecule has 15 heavy (non-hydrogen) atoms. The zero-order valence-electron chi connectivity index (χ0n) is 8.12. The van der Waals surface area contributed by atoms with Gasteiger partial charge in [-0.2, -0.15) is 0 Å². The zero-order chi connectivity index (χ0) is 11.4. The zero-order valence-corrected chi connectivity index (χ0v) is 9.71. The van der Waals surface area contributed by atoms with Gasteiger partial charge in [0.15, 0.2) is 0 Å². The molecule has 1 unspecified atom stereocenters. The molecule has 0 aromatic heterocycles. The normalized spacial score (nSPS) is 11.5. The predicted molar refractivity (Wildman–Crippen MR) is 63.0 cm³/mol. The maximum absolute atomic E-state index is 10.7. The molecule has 0 bridgehead atoms. The number of anilines is 1. The van der Waals surface area contributed by atoms with Gasteiger partial charge in [0.25, 0.3) is 0 Å². The van der Waals surface area contributed by atoms with E-state index in [0.29, 0.717) is 4.47 Å². The van der Waals surface area contributed by atoms with E-state index in [0.717, 1.165) is 5.69 Å². The first-order chi connectivity index (χ1) is 7.04. The van der Waals surface area contributed by atoms with Gasteiger partial charge in [0.1, 0.15) is 0 Å². The average Bonchev–Trinajstić information content (AvgIpc) is 2.20. The molecule has 0 saturated heterocycles. The Morgan fingerprint density at radius 2 is 2.33 bits per heavy atom. The lowest BCUT2D eigenvalue weighted by atomic mass is 10.2. The van der Waals surface area contributed by atoms with E-state index in [1.54, 1.807) is 6.07 Å². The molecule has 0 amide bonds. The molecule has 0 aliphatic carbocycles. The van der Waals surface area contributed by atoms with Crippen molar-refractivity contribution in [3.63, 3.8) is 0 Å². The summed E-state index contributed by atoms with van der Waals surface area (Å²) in [6, 6.07) is 4.64. The van der Waals surface area contributed by atoms with Crippen LogP contribution in [-0.2, 0) is 0 Å². The van der Waals surface area contributed by atoms with E-state index in [2.05, 4.69) is 27.2 Å². The van der Waals surface area contributed by atoms with Crippen LogP contribution in [0.5, 0.6) is 0 Å². The van der Waals surface area contributed by atoms with Crippen LogP contribution in [0.15, 0.2) is 22.7 Å². The van der Waals surface area contributed by atoms with Crippen LogP contribution in [0.1, 0.15) is 17.3 Å². The van der Waals surface area contributed by atoms with Crippen molar-refractivity contribution in [2.24, 2.45) is 0 Å². The van der Waals surface area contributed by atoms with Crippen molar-refractivity contribution in [1.82, 2.24) is 0 Å². The van der Waals surface area contributed by atoms with Gasteiger partial charge in [0, 0.05) is 10.2 Å². The Hall–Kier alpha value is -1.47. The van der Waals surface area contributed by atoms with Crippen LogP contribution in [-0.4, -0.2) is 17.1 Å². The largest absolute Gasteiger partial charge is 0.478 e. The number of carbonyl (C=O) groups is 1. The van der Waals surface area contributed by atoms with E-state index >= 15 is 0 Å². The van der Waals surface area contributed by atoms with Gasteiger partial charge in [-0.1, -0.05) is 5.92 Å². The summed E-state index contributed by atoms with van der Waals surface area (Å²) in [5.41, 5.74) is 1.02. The number of benzene rings is 1. The Labute approximate surface area is 96.6 Å². The minimum absolute atomic E-state index is 0.100. The Balaban J connectivity index is 2.94. The summed E-state index contributed by atoms with van der Waals surface area (Å²) < 4.78 is 0.685. The summed E-state index contributed by atoms with van der Waals surface area (Å²) in [4.78, 5) is 10.7. The van der Waals surface area contributed by atoms with Gasteiger partial charge in [0.05, 0.1) is 11.6 Å². The van der Waals surface area contributed by atoms with Gasteiger partial charge in [-0.05, 0) is 41.1 Å². The van der Waals surface area contributed by atoms with E-state index < -0.39 is 5.97 Å². The second kappa shape index (κ2) is 4.85. The fourth-order valence-corrected chi connectivity index (χ4v) is 1.53. The van der Waals surface area contributed by atoms with E-state index in [-0.39, 0.29) is 11.6 Å². The van der Waals surface area contributed by atoms with E-state index in [9.17, 15) is 4.79 Å². The van der Waals surface area contributed by atoms with Crippen LogP contribution >= 0.6 is 15.9 Å². The molecule has 78 valence electrons. The van der Waals surface area contributed by atoms with Crippen molar-refractivity contribution in [3.05, 3.63) is 28.2 Å². The van der Waals surface area contributed by atoms with Crippen molar-refractivity contribution in [2.75, 3.05) is 5.32 Å². The number of hydrogen-bond donors (Lipinski definition) is 2. The number of carboxylic acid groups (broad SMARTS) is 1. The number of aromatic carboxylic acids is 1. The van der Waals surface area contributed by atoms with Crippen LogP contribution in [0.25, 0.3) is 0 Å². The van der Waals surface area contributed by atoms with Crippen LogP contribution in [0, 0.1) is 12.3 Å². The van der Waals surface area contributed by atoms with E-state index in [1.807, 2.05) is 6.92 Å². The highest BCUT2D eigenvalue weighted by Gasteiger charge is 2.07. The molecule has 1 aromatic rings. The molecule has 0 saturated carbocycles. The Bertz CT molecular complexity index is 423. The minimum atomic E-state index is -0.952. The summed E-state index contributed by atoms with van der Waals surface area (Å²) in [5.74, 6) is 1.58. The van der Waals surface area contributed by atoms with Crippen molar-refractivity contribution in [2.45, 2.75) is 13.0 Å². The second-order valence-corrected chi connectivity index (χ2v) is 3.89. The number of terminal acetylenes is 1. The maximum atomic E-state index is 10.7. The monoisotopic (exact) mass is 267 g/mol. The van der Waals surface area contributed by atoms with Gasteiger partial charge >= 0.3 is 5.97 Å². The molecule has 0 fully saturated rings. The topological polar surface area (TPSA) is 49.3 Å². The van der Waals surface area contributed by atoms with Gasteiger partial charge in [-0.25, -0.2) is 4.79 Å². The molecule has 3 nitrogen and oxygen atoms in total. The Morgan fingerprint density at radius 1 is 1.67 bits per heavy atom. The first kappa shape index (κ1) is 11.6. The highest BCUT2D eigenvalue weighted by Crippen LogP contribution is 2.24. The SMILES string of the molecule is C#CC(C)Nc1ccc(C(=O)O)cc1Br. The Kier molecular flexibility index (Phi) is 3.75. The van der Waals surface area contributed by atoms with Crippen molar-refractivity contribution in [1.29, 1.82) is 0 Å². The van der Waals surface area contributed by atoms with Crippen LogP contribution < -0.4 is 5.32 Å². The molecule has 1 rings (SSSR count). The van der Waals surface area contributed by atoms with E-state index in [1.165, 1.54) is 12.1 Å². The first-order valence-corrected chi connectivity index (χ1v) is 5.09. The van der Waals surface area contributed by atoms with Gasteiger partial charge in [-0.15, -0.1) is 6.42 Å². The lowest BCUT2D eigenvalue weighted by Crippen LogP contribution is -2.12. The van der Waals surface area contributed by atoms with Crippen LogP contribution in [0.3, 0.4) is 0 Å². The molecule has 2 N–H and O–H groups in total. The lowest BCUT2D eigenvalue weighted by molar-refractivity contribution is 0.0697. The van der Waals surface area contributed by atoms with Crippen molar-refractivity contribution >= 4 is 27.6 Å². The number of hydrogen-bond acceptors (Lipinski definition) is 2. The average molecular weight is 268 g/mol. The molecular formula is C11H10BrNO2. The smallest absolute Gasteiger partial charge is 0.335 e.